The van der Waals surface area contributed by atoms with Gasteiger partial charge in [0.2, 0.25) is 0 Å². The molecule has 0 unspecified atom stereocenters. The maximum atomic E-state index is 2.67. The van der Waals surface area contributed by atoms with Gasteiger partial charge in [0, 0.05) is 0 Å². The number of hydrogen-bond donors (Lipinski definition) is 0. The SMILES string of the molecule is Cc1ccc(CCC=C(C2CCCCC2)C2CCCCC2)cc1. The normalized spacial score (nSPS) is 20.4. The van der Waals surface area contributed by atoms with E-state index in [2.05, 4.69) is 37.3 Å². The van der Waals surface area contributed by atoms with Crippen molar-refractivity contribution in [2.75, 3.05) is 0 Å². The third-order valence-corrected chi connectivity index (χ3v) is 6.09. The van der Waals surface area contributed by atoms with Crippen LogP contribution in [-0.2, 0) is 6.42 Å². The first-order valence-corrected chi connectivity index (χ1v) is 10.1. The lowest BCUT2D eigenvalue weighted by Gasteiger charge is -2.32. The van der Waals surface area contributed by atoms with E-state index in [1.165, 1.54) is 88.2 Å². The first-order valence-electron chi connectivity index (χ1n) is 10.1. The third kappa shape index (κ3) is 4.96. The van der Waals surface area contributed by atoms with Gasteiger partial charge >= 0.3 is 0 Å². The Hall–Kier alpha value is -1.04. The zero-order valence-electron chi connectivity index (χ0n) is 15.0. The van der Waals surface area contributed by atoms with Crippen LogP contribution < -0.4 is 0 Å². The van der Waals surface area contributed by atoms with Crippen LogP contribution in [0.25, 0.3) is 0 Å². The summed E-state index contributed by atoms with van der Waals surface area (Å²) in [6.45, 7) is 2.17. The van der Waals surface area contributed by atoms with Crippen LogP contribution in [-0.4, -0.2) is 0 Å². The van der Waals surface area contributed by atoms with Gasteiger partial charge in [-0.15, -0.1) is 0 Å². The van der Waals surface area contributed by atoms with Gasteiger partial charge in [-0.3, -0.25) is 0 Å². The average Bonchev–Trinajstić information content (AvgIpc) is 2.62. The van der Waals surface area contributed by atoms with Crippen molar-refractivity contribution in [2.24, 2.45) is 11.8 Å². The number of hydrogen-bond acceptors (Lipinski definition) is 0. The fourth-order valence-corrected chi connectivity index (χ4v) is 4.70. The molecule has 0 atom stereocenters. The van der Waals surface area contributed by atoms with E-state index in [1.54, 1.807) is 0 Å². The monoisotopic (exact) mass is 310 g/mol. The predicted molar refractivity (Wildman–Crippen MR) is 101 cm³/mol. The summed E-state index contributed by atoms with van der Waals surface area (Å²) in [5, 5.41) is 0. The highest BCUT2D eigenvalue weighted by Gasteiger charge is 2.25. The van der Waals surface area contributed by atoms with Crippen LogP contribution in [0.2, 0.25) is 0 Å². The molecule has 2 aliphatic carbocycles. The van der Waals surface area contributed by atoms with Crippen LogP contribution in [0.15, 0.2) is 35.9 Å². The molecule has 0 spiro atoms. The van der Waals surface area contributed by atoms with Gasteiger partial charge in [-0.1, -0.05) is 80.0 Å². The van der Waals surface area contributed by atoms with Crippen molar-refractivity contribution in [3.63, 3.8) is 0 Å². The highest BCUT2D eigenvalue weighted by atomic mass is 14.3. The molecule has 0 saturated heterocycles. The van der Waals surface area contributed by atoms with Crippen molar-refractivity contribution in [2.45, 2.75) is 84.0 Å². The van der Waals surface area contributed by atoms with E-state index in [9.17, 15) is 0 Å². The van der Waals surface area contributed by atoms with Gasteiger partial charge < -0.3 is 0 Å². The lowest BCUT2D eigenvalue weighted by Crippen LogP contribution is -2.18. The van der Waals surface area contributed by atoms with Gasteiger partial charge in [-0.05, 0) is 62.8 Å². The fraction of sp³-hybridized carbons (Fsp3) is 0.652. The van der Waals surface area contributed by atoms with Crippen molar-refractivity contribution in [1.29, 1.82) is 0 Å². The molecule has 2 saturated carbocycles. The second-order valence-corrected chi connectivity index (χ2v) is 7.90. The van der Waals surface area contributed by atoms with Crippen LogP contribution in [0, 0.1) is 18.8 Å². The summed E-state index contributed by atoms with van der Waals surface area (Å²) in [6, 6.07) is 9.12. The highest BCUT2D eigenvalue weighted by molar-refractivity contribution is 5.22. The van der Waals surface area contributed by atoms with Crippen molar-refractivity contribution in [3.05, 3.63) is 47.0 Å². The molecule has 0 heterocycles. The summed E-state index contributed by atoms with van der Waals surface area (Å²) in [5.41, 5.74) is 4.74. The van der Waals surface area contributed by atoms with Crippen molar-refractivity contribution in [1.82, 2.24) is 0 Å². The first kappa shape index (κ1) is 16.8. The topological polar surface area (TPSA) is 0 Å². The molecule has 0 heteroatoms. The van der Waals surface area contributed by atoms with E-state index < -0.39 is 0 Å². The molecule has 0 aromatic heterocycles. The Labute approximate surface area is 143 Å². The van der Waals surface area contributed by atoms with Gasteiger partial charge in [-0.25, -0.2) is 0 Å². The van der Waals surface area contributed by atoms with Crippen LogP contribution in [0.4, 0.5) is 0 Å². The van der Waals surface area contributed by atoms with Crippen LogP contribution >= 0.6 is 0 Å². The number of allylic oxidation sites excluding steroid dienone is 2. The Morgan fingerprint density at radius 1 is 0.826 bits per heavy atom. The molecule has 0 N–H and O–H groups in total. The Morgan fingerprint density at radius 2 is 1.35 bits per heavy atom. The largest absolute Gasteiger partial charge is 0.0844 e. The second kappa shape index (κ2) is 8.71. The van der Waals surface area contributed by atoms with E-state index in [-0.39, 0.29) is 0 Å². The fourth-order valence-electron chi connectivity index (χ4n) is 4.70. The van der Waals surface area contributed by atoms with E-state index in [1.807, 2.05) is 5.57 Å². The molecule has 0 aliphatic heterocycles. The standard InChI is InChI=1S/C23H34/c1-19-15-17-20(18-16-19)9-8-14-23(21-10-4-2-5-11-21)22-12-6-3-7-13-22/h14-18,21-22H,2-13H2,1H3. The zero-order valence-corrected chi connectivity index (χ0v) is 15.0. The Balaban J connectivity index is 1.64. The van der Waals surface area contributed by atoms with Crippen molar-refractivity contribution < 1.29 is 0 Å². The molecule has 2 aliphatic rings. The molecular weight excluding hydrogens is 276 g/mol. The van der Waals surface area contributed by atoms with Crippen molar-refractivity contribution >= 4 is 0 Å². The molecule has 0 radical (unpaired) electrons. The lowest BCUT2D eigenvalue weighted by atomic mass is 9.73. The molecule has 1 aromatic rings. The summed E-state index contributed by atoms with van der Waals surface area (Å²) >= 11 is 0. The molecule has 126 valence electrons. The van der Waals surface area contributed by atoms with Gasteiger partial charge in [0.1, 0.15) is 0 Å². The Kier molecular flexibility index (Phi) is 6.37. The number of benzene rings is 1. The smallest absolute Gasteiger partial charge is 0.0200 e. The summed E-state index contributed by atoms with van der Waals surface area (Å²) in [6.07, 6.45) is 19.8. The molecule has 2 fully saturated rings. The van der Waals surface area contributed by atoms with Gasteiger partial charge in [0.25, 0.3) is 0 Å². The minimum atomic E-state index is 0.921. The van der Waals surface area contributed by atoms with E-state index in [4.69, 9.17) is 0 Å². The summed E-state index contributed by atoms with van der Waals surface area (Å²) < 4.78 is 0. The minimum absolute atomic E-state index is 0.921. The second-order valence-electron chi connectivity index (χ2n) is 7.90. The van der Waals surface area contributed by atoms with Gasteiger partial charge in [0.05, 0.1) is 0 Å². The molecule has 23 heavy (non-hydrogen) atoms. The maximum Gasteiger partial charge on any atom is -0.0200 e. The summed E-state index contributed by atoms with van der Waals surface area (Å²) in [4.78, 5) is 0. The van der Waals surface area contributed by atoms with Crippen LogP contribution in [0.3, 0.4) is 0 Å². The summed E-state index contributed by atoms with van der Waals surface area (Å²) in [5.74, 6) is 1.84. The van der Waals surface area contributed by atoms with Gasteiger partial charge in [0.15, 0.2) is 0 Å². The average molecular weight is 311 g/mol. The van der Waals surface area contributed by atoms with Gasteiger partial charge in [-0.2, -0.15) is 0 Å². The molecule has 0 bridgehead atoms. The van der Waals surface area contributed by atoms with Crippen LogP contribution in [0.5, 0.6) is 0 Å². The van der Waals surface area contributed by atoms with E-state index >= 15 is 0 Å². The Morgan fingerprint density at radius 3 is 1.87 bits per heavy atom. The Bertz CT molecular complexity index is 461. The molecule has 3 rings (SSSR count). The first-order chi connectivity index (χ1) is 11.3. The minimum Gasteiger partial charge on any atom is -0.0844 e. The van der Waals surface area contributed by atoms with E-state index in [0.717, 1.165) is 11.8 Å². The highest BCUT2D eigenvalue weighted by Crippen LogP contribution is 2.39. The molecule has 1 aromatic carbocycles. The predicted octanol–water partition coefficient (Wildman–Crippen LogP) is 7.01. The van der Waals surface area contributed by atoms with Crippen molar-refractivity contribution in [3.8, 4) is 0 Å². The number of rotatable bonds is 5. The van der Waals surface area contributed by atoms with Crippen LogP contribution in [0.1, 0.15) is 81.8 Å². The molecule has 0 amide bonds. The molecule has 0 nitrogen and oxygen atoms in total. The maximum absolute atomic E-state index is 2.67. The quantitative estimate of drug-likeness (QED) is 0.513. The summed E-state index contributed by atoms with van der Waals surface area (Å²) in [7, 11) is 0. The lowest BCUT2D eigenvalue weighted by molar-refractivity contribution is 0.325. The van der Waals surface area contributed by atoms with E-state index in [0.29, 0.717) is 0 Å². The third-order valence-electron chi connectivity index (χ3n) is 6.09. The zero-order chi connectivity index (χ0) is 15.9. The number of aryl methyl sites for hydroxylation is 2. The molecular formula is C23H34.